The lowest BCUT2D eigenvalue weighted by molar-refractivity contribution is -0.140. The van der Waals surface area contributed by atoms with Crippen molar-refractivity contribution in [3.8, 4) is 0 Å². The molecule has 0 aliphatic heterocycles. The quantitative estimate of drug-likeness (QED) is 0.664. The molecule has 0 spiro atoms. The Hall–Kier alpha value is -0.860. The number of carbonyl (C=O) groups is 2. The molecule has 0 saturated carbocycles. The van der Waals surface area contributed by atoms with E-state index in [0.29, 0.717) is 0 Å². The number of hydrogen-bond donors (Lipinski definition) is 1. The van der Waals surface area contributed by atoms with Crippen LogP contribution in [-0.2, 0) is 9.59 Å². The van der Waals surface area contributed by atoms with Crippen molar-refractivity contribution in [2.24, 2.45) is 5.92 Å². The molecule has 0 saturated heterocycles. The predicted octanol–water partition coefficient (Wildman–Crippen LogP) is 1.91. The minimum Gasteiger partial charge on any atom is -0.347 e. The van der Waals surface area contributed by atoms with Gasteiger partial charge in [-0.1, -0.05) is 34.1 Å². The number of hydrogen-bond acceptors (Lipinski definition) is 2. The van der Waals surface area contributed by atoms with E-state index in [1.807, 2.05) is 6.92 Å². The molecule has 0 aliphatic carbocycles. The summed E-state index contributed by atoms with van der Waals surface area (Å²) in [6, 6.07) is 0.148. The number of carbonyl (C=O) groups excluding carboxylic acids is 2. The van der Waals surface area contributed by atoms with E-state index in [4.69, 9.17) is 0 Å². The molecular weight excluding hydrogens is 178 g/mol. The van der Waals surface area contributed by atoms with Gasteiger partial charge in [0, 0.05) is 12.0 Å². The molecule has 1 amide bonds. The molecule has 0 bridgehead atoms. The molecule has 3 nitrogen and oxygen atoms in total. The minimum absolute atomic E-state index is 0.148. The van der Waals surface area contributed by atoms with Crippen LogP contribution in [0.15, 0.2) is 0 Å². The zero-order valence-corrected chi connectivity index (χ0v) is 9.59. The van der Waals surface area contributed by atoms with Crippen LogP contribution in [0.1, 0.15) is 47.0 Å². The van der Waals surface area contributed by atoms with E-state index >= 15 is 0 Å². The van der Waals surface area contributed by atoms with Crippen LogP contribution in [0.2, 0.25) is 0 Å². The average molecular weight is 199 g/mol. The van der Waals surface area contributed by atoms with Crippen LogP contribution in [0.4, 0.5) is 0 Å². The third-order valence-corrected chi connectivity index (χ3v) is 2.21. The summed E-state index contributed by atoms with van der Waals surface area (Å²) >= 11 is 0. The van der Waals surface area contributed by atoms with Crippen LogP contribution < -0.4 is 5.32 Å². The van der Waals surface area contributed by atoms with Gasteiger partial charge in [0.25, 0.3) is 5.91 Å². The van der Waals surface area contributed by atoms with Crippen LogP contribution in [0.5, 0.6) is 0 Å². The van der Waals surface area contributed by atoms with Gasteiger partial charge in [0.05, 0.1) is 0 Å². The van der Waals surface area contributed by atoms with Crippen LogP contribution >= 0.6 is 0 Å². The molecule has 1 atom stereocenters. The summed E-state index contributed by atoms with van der Waals surface area (Å²) < 4.78 is 0. The number of nitrogens with one attached hydrogen (secondary N) is 1. The summed E-state index contributed by atoms with van der Waals surface area (Å²) in [7, 11) is 0. The second-order valence-corrected chi connectivity index (χ2v) is 3.89. The molecule has 0 fully saturated rings. The Morgan fingerprint density at radius 1 is 1.21 bits per heavy atom. The molecule has 0 rings (SSSR count). The maximum Gasteiger partial charge on any atom is 0.287 e. The number of amides is 1. The van der Waals surface area contributed by atoms with E-state index in [1.54, 1.807) is 13.8 Å². The predicted molar refractivity (Wildman–Crippen MR) is 57.0 cm³/mol. The molecule has 14 heavy (non-hydrogen) atoms. The van der Waals surface area contributed by atoms with Crippen molar-refractivity contribution in [3.63, 3.8) is 0 Å². The van der Waals surface area contributed by atoms with E-state index in [9.17, 15) is 9.59 Å². The lowest BCUT2D eigenvalue weighted by Gasteiger charge is -2.15. The first-order chi connectivity index (χ1) is 6.52. The summed E-state index contributed by atoms with van der Waals surface area (Å²) in [5, 5.41) is 2.76. The van der Waals surface area contributed by atoms with Gasteiger partial charge in [0.15, 0.2) is 0 Å². The highest BCUT2D eigenvalue weighted by Crippen LogP contribution is 2.02. The zero-order valence-electron chi connectivity index (χ0n) is 9.59. The first-order valence-corrected chi connectivity index (χ1v) is 5.37. The van der Waals surface area contributed by atoms with E-state index in [0.717, 1.165) is 19.3 Å². The van der Waals surface area contributed by atoms with Crippen LogP contribution in [0, 0.1) is 5.92 Å². The first kappa shape index (κ1) is 13.1. The van der Waals surface area contributed by atoms with Crippen molar-refractivity contribution < 1.29 is 9.59 Å². The second kappa shape index (κ2) is 6.57. The fraction of sp³-hybridized carbons (Fsp3) is 0.818. The Kier molecular flexibility index (Phi) is 6.17. The smallest absolute Gasteiger partial charge is 0.287 e. The van der Waals surface area contributed by atoms with Gasteiger partial charge in [0.1, 0.15) is 0 Å². The van der Waals surface area contributed by atoms with Crippen LogP contribution in [0.3, 0.4) is 0 Å². The normalized spacial score (nSPS) is 12.6. The lowest BCUT2D eigenvalue weighted by Crippen LogP contribution is -2.40. The second-order valence-electron chi connectivity index (χ2n) is 3.89. The highest BCUT2D eigenvalue weighted by Gasteiger charge is 2.19. The van der Waals surface area contributed by atoms with Gasteiger partial charge >= 0.3 is 0 Å². The molecule has 0 aromatic carbocycles. The molecule has 0 radical (unpaired) electrons. The third-order valence-electron chi connectivity index (χ3n) is 2.21. The molecule has 82 valence electrons. The Bertz CT molecular complexity index is 199. The Balaban J connectivity index is 4.08. The highest BCUT2D eigenvalue weighted by molar-refractivity contribution is 6.36. The van der Waals surface area contributed by atoms with Crippen molar-refractivity contribution in [1.82, 2.24) is 5.32 Å². The van der Waals surface area contributed by atoms with E-state index in [-0.39, 0.29) is 17.7 Å². The number of Topliss-reactive ketones (excluding diaryl/α,β-unsaturated/α-hetero) is 1. The SMILES string of the molecule is CCCC(CC)NC(=O)C(=O)C(C)C. The van der Waals surface area contributed by atoms with Gasteiger partial charge in [-0.05, 0) is 12.8 Å². The van der Waals surface area contributed by atoms with Gasteiger partial charge in [-0.3, -0.25) is 9.59 Å². The first-order valence-electron chi connectivity index (χ1n) is 5.37. The molecule has 3 heteroatoms. The van der Waals surface area contributed by atoms with Gasteiger partial charge < -0.3 is 5.32 Å². The molecule has 0 aromatic rings. The van der Waals surface area contributed by atoms with Gasteiger partial charge in [0.2, 0.25) is 5.78 Å². The maximum absolute atomic E-state index is 11.4. The minimum atomic E-state index is -0.430. The largest absolute Gasteiger partial charge is 0.347 e. The van der Waals surface area contributed by atoms with Crippen molar-refractivity contribution >= 4 is 11.7 Å². The van der Waals surface area contributed by atoms with Crippen molar-refractivity contribution in [2.75, 3.05) is 0 Å². The summed E-state index contributed by atoms with van der Waals surface area (Å²) in [6.45, 7) is 7.56. The molecule has 0 aromatic heterocycles. The Morgan fingerprint density at radius 3 is 2.14 bits per heavy atom. The van der Waals surface area contributed by atoms with Gasteiger partial charge in [-0.2, -0.15) is 0 Å². The fourth-order valence-corrected chi connectivity index (χ4v) is 1.25. The topological polar surface area (TPSA) is 46.2 Å². The summed E-state index contributed by atoms with van der Waals surface area (Å²) in [4.78, 5) is 22.7. The maximum atomic E-state index is 11.4. The fourth-order valence-electron chi connectivity index (χ4n) is 1.25. The van der Waals surface area contributed by atoms with Crippen molar-refractivity contribution in [3.05, 3.63) is 0 Å². The average Bonchev–Trinajstić information content (AvgIpc) is 2.15. The van der Waals surface area contributed by atoms with E-state index < -0.39 is 5.91 Å². The Morgan fingerprint density at radius 2 is 1.79 bits per heavy atom. The standard InChI is InChI=1S/C11H21NO2/c1-5-7-9(6-2)12-11(14)10(13)8(3)4/h8-9H,5-7H2,1-4H3,(H,12,14). The lowest BCUT2D eigenvalue weighted by atomic mass is 10.1. The van der Waals surface area contributed by atoms with Crippen LogP contribution in [-0.4, -0.2) is 17.7 Å². The third kappa shape index (κ3) is 4.40. The van der Waals surface area contributed by atoms with Crippen molar-refractivity contribution in [1.29, 1.82) is 0 Å². The molecule has 0 aliphatic rings. The summed E-state index contributed by atoms with van der Waals surface area (Å²) in [5.74, 6) is -0.964. The van der Waals surface area contributed by atoms with E-state index in [1.165, 1.54) is 0 Å². The summed E-state index contributed by atoms with van der Waals surface area (Å²) in [5.41, 5.74) is 0. The number of ketones is 1. The summed E-state index contributed by atoms with van der Waals surface area (Å²) in [6.07, 6.45) is 2.84. The van der Waals surface area contributed by atoms with Gasteiger partial charge in [-0.25, -0.2) is 0 Å². The Labute approximate surface area is 86.3 Å². The van der Waals surface area contributed by atoms with Crippen molar-refractivity contribution in [2.45, 2.75) is 53.0 Å². The monoisotopic (exact) mass is 199 g/mol. The number of rotatable bonds is 6. The molecule has 1 N–H and O–H groups in total. The molecule has 1 unspecified atom stereocenters. The molecule has 0 heterocycles. The highest BCUT2D eigenvalue weighted by atomic mass is 16.2. The molecular formula is C11H21NO2. The zero-order chi connectivity index (χ0) is 11.1. The van der Waals surface area contributed by atoms with Crippen LogP contribution in [0.25, 0.3) is 0 Å². The van der Waals surface area contributed by atoms with E-state index in [2.05, 4.69) is 12.2 Å². The van der Waals surface area contributed by atoms with Gasteiger partial charge in [-0.15, -0.1) is 0 Å².